The number of benzene rings is 1. The second-order valence-electron chi connectivity index (χ2n) is 15.7. The number of ether oxygens (including phenoxy) is 1. The number of rotatable bonds is 11. The molecule has 19 heteroatoms. The molecule has 2 aromatic rings. The van der Waals surface area contributed by atoms with Gasteiger partial charge in [0.2, 0.25) is 17.7 Å². The van der Waals surface area contributed by atoms with Gasteiger partial charge in [0.05, 0.1) is 42.4 Å². The van der Waals surface area contributed by atoms with Gasteiger partial charge in [0.25, 0.3) is 5.91 Å². The molecular formula is C39H48ClF3N8O6S. The molecule has 1 unspecified atom stereocenters. The molecule has 4 aliphatic rings. The Morgan fingerprint density at radius 2 is 1.74 bits per heavy atom. The first-order valence-corrected chi connectivity index (χ1v) is 19.9. The Bertz CT molecular complexity index is 1910. The highest BCUT2D eigenvalue weighted by atomic mass is 35.5. The van der Waals surface area contributed by atoms with Crippen molar-refractivity contribution in [2.24, 2.45) is 0 Å². The quantitative estimate of drug-likeness (QED) is 0.171. The number of carbonyl (C=O) groups is 5. The number of nitriles is 1. The number of carbonyl (C=O) groups excluding carboxylic acids is 5. The highest BCUT2D eigenvalue weighted by Gasteiger charge is 2.55. The molecule has 3 aliphatic heterocycles. The first-order chi connectivity index (χ1) is 27.0. The van der Waals surface area contributed by atoms with Gasteiger partial charge >= 0.3 is 12.2 Å². The van der Waals surface area contributed by atoms with Crippen molar-refractivity contribution >= 4 is 59.8 Å². The van der Waals surface area contributed by atoms with Crippen molar-refractivity contribution in [3.63, 3.8) is 0 Å². The molecule has 314 valence electrons. The Labute approximate surface area is 345 Å². The van der Waals surface area contributed by atoms with E-state index < -0.39 is 40.7 Å². The van der Waals surface area contributed by atoms with Crippen LogP contribution in [0, 0.1) is 11.3 Å². The molecule has 1 aromatic heterocycles. The molecule has 58 heavy (non-hydrogen) atoms. The predicted octanol–water partition coefficient (Wildman–Crippen LogP) is 5.33. The van der Waals surface area contributed by atoms with Gasteiger partial charge in [-0.1, -0.05) is 6.07 Å². The maximum Gasteiger partial charge on any atom is 0.417 e. The van der Waals surface area contributed by atoms with Gasteiger partial charge in [0.15, 0.2) is 0 Å². The Kier molecular flexibility index (Phi) is 14.2. The van der Waals surface area contributed by atoms with E-state index >= 15 is 0 Å². The number of anilines is 1. The highest BCUT2D eigenvalue weighted by molar-refractivity contribution is 7.98. The van der Waals surface area contributed by atoms with Gasteiger partial charge in [-0.15, -0.1) is 12.4 Å². The Morgan fingerprint density at radius 1 is 1.05 bits per heavy atom. The summed E-state index contributed by atoms with van der Waals surface area (Å²) in [5.41, 5.74) is -2.16. The maximum atomic E-state index is 13.6. The van der Waals surface area contributed by atoms with Crippen LogP contribution in [0.5, 0.6) is 0 Å². The van der Waals surface area contributed by atoms with Gasteiger partial charge in [0, 0.05) is 55.3 Å². The summed E-state index contributed by atoms with van der Waals surface area (Å²) >= 11 is 0.631. The number of hydrogen-bond donors (Lipinski definition) is 2. The molecular weight excluding hydrogens is 801 g/mol. The molecule has 6 amide bonds. The first kappa shape index (κ1) is 44.8. The second-order valence-corrected chi connectivity index (χ2v) is 16.7. The number of urea groups is 1. The van der Waals surface area contributed by atoms with E-state index in [4.69, 9.17) is 10.00 Å². The van der Waals surface area contributed by atoms with Crippen LogP contribution in [-0.2, 0) is 30.1 Å². The summed E-state index contributed by atoms with van der Waals surface area (Å²) in [6.45, 7) is 10.4. The predicted molar refractivity (Wildman–Crippen MR) is 209 cm³/mol. The van der Waals surface area contributed by atoms with Crippen LogP contribution in [0.1, 0.15) is 88.8 Å². The van der Waals surface area contributed by atoms with Crippen LogP contribution in [0.4, 0.5) is 23.8 Å². The lowest BCUT2D eigenvalue weighted by Gasteiger charge is -2.44. The number of nitrogens with one attached hydrogen (secondary N) is 2. The Balaban J connectivity index is 0.00000641. The van der Waals surface area contributed by atoms with Crippen molar-refractivity contribution in [3.05, 3.63) is 53.2 Å². The van der Waals surface area contributed by atoms with E-state index in [9.17, 15) is 37.1 Å². The van der Waals surface area contributed by atoms with Gasteiger partial charge < -0.3 is 15.0 Å². The molecule has 3 atom stereocenters. The third-order valence-electron chi connectivity index (χ3n) is 11.3. The lowest BCUT2D eigenvalue weighted by molar-refractivity contribution is -0.138. The molecule has 1 aliphatic carbocycles. The lowest BCUT2D eigenvalue weighted by atomic mass is 9.89. The minimum Gasteiger partial charge on any atom is -0.377 e. The fourth-order valence-electron chi connectivity index (χ4n) is 8.31. The van der Waals surface area contributed by atoms with Gasteiger partial charge in [-0.3, -0.25) is 34.3 Å². The van der Waals surface area contributed by atoms with Crippen molar-refractivity contribution in [3.8, 4) is 6.07 Å². The molecule has 1 saturated carbocycles. The van der Waals surface area contributed by atoms with Crippen LogP contribution in [0.2, 0.25) is 0 Å². The van der Waals surface area contributed by atoms with E-state index in [1.54, 1.807) is 37.1 Å². The van der Waals surface area contributed by atoms with E-state index in [0.717, 1.165) is 29.5 Å². The fraction of sp³-hybridized carbons (Fsp3) is 0.564. The van der Waals surface area contributed by atoms with E-state index in [1.165, 1.54) is 12.1 Å². The lowest BCUT2D eigenvalue weighted by Crippen LogP contribution is -2.58. The molecule has 4 heterocycles. The minimum absolute atomic E-state index is 0. The molecule has 2 N–H and O–H groups in total. The third kappa shape index (κ3) is 9.94. The standard InChI is InChI=1S/C39H47F3N8O6S.ClH/c1-23-20-47(21-24(2)48(23)22-34(52)45-32-13-6-26(19-44-32)30-12-14-33(51)46-35(30)53)15-16-56-28-9-7-27(8-10-28)49-37(55)50(36(54)38(49,3)4)57-29-11-5-25(18-43)31(17-29)39(40,41)42;/h5-6,11,13,17,19,23-24,27-28,30H,7-10,12,14-16,20-22H2,1-4H3,(H,44,45,52)(H,46,51,53);1H/t23-,24+,27?,28?,30?;. The first-order valence-electron chi connectivity index (χ1n) is 19.1. The van der Waals surface area contributed by atoms with Crippen LogP contribution in [0.3, 0.4) is 0 Å². The number of piperidine rings is 1. The average molecular weight is 849 g/mol. The Hall–Kier alpha value is -4.28. The maximum absolute atomic E-state index is 13.6. The number of nitrogens with zero attached hydrogens (tertiary/aromatic N) is 6. The zero-order valence-corrected chi connectivity index (χ0v) is 34.3. The van der Waals surface area contributed by atoms with Crippen molar-refractivity contribution in [1.29, 1.82) is 5.26 Å². The van der Waals surface area contributed by atoms with E-state index in [0.29, 0.717) is 68.6 Å². The topological polar surface area (TPSA) is 168 Å². The van der Waals surface area contributed by atoms with Crippen LogP contribution in [0.15, 0.2) is 41.4 Å². The fourth-order valence-corrected chi connectivity index (χ4v) is 9.29. The summed E-state index contributed by atoms with van der Waals surface area (Å²) in [6, 6.07) is 7.46. The molecule has 1 aromatic carbocycles. The molecule has 0 bridgehead atoms. The monoisotopic (exact) mass is 848 g/mol. The molecule has 14 nitrogen and oxygen atoms in total. The third-order valence-corrected chi connectivity index (χ3v) is 12.2. The zero-order chi connectivity index (χ0) is 41.2. The van der Waals surface area contributed by atoms with Gasteiger partial charge in [-0.05, 0) is 102 Å². The summed E-state index contributed by atoms with van der Waals surface area (Å²) in [7, 11) is 0. The number of imide groups is 2. The molecule has 4 fully saturated rings. The molecule has 3 saturated heterocycles. The van der Waals surface area contributed by atoms with Crippen molar-refractivity contribution in [1.82, 2.24) is 29.3 Å². The van der Waals surface area contributed by atoms with Crippen molar-refractivity contribution in [2.45, 2.75) is 113 Å². The SMILES string of the molecule is C[C@@H]1CN(CCOC2CCC(N3C(=O)N(Sc4ccc(C#N)c(C(F)(F)F)c4)C(=O)C3(C)C)CC2)C[C@H](C)N1CC(=O)Nc1ccc(C2CCC(=O)NC2=O)cn1.Cl. The van der Waals surface area contributed by atoms with Crippen LogP contribution in [-0.4, -0.2) is 116 Å². The van der Waals surface area contributed by atoms with Crippen LogP contribution in [0.25, 0.3) is 0 Å². The molecule has 6 rings (SSSR count). The molecule has 0 spiro atoms. The summed E-state index contributed by atoms with van der Waals surface area (Å²) in [5, 5.41) is 14.3. The van der Waals surface area contributed by atoms with Crippen molar-refractivity contribution in [2.75, 3.05) is 38.1 Å². The smallest absolute Gasteiger partial charge is 0.377 e. The number of piperazine rings is 1. The van der Waals surface area contributed by atoms with Crippen molar-refractivity contribution < 1.29 is 41.9 Å². The minimum atomic E-state index is -4.77. The number of halogens is 4. The van der Waals surface area contributed by atoms with Gasteiger partial charge in [0.1, 0.15) is 11.4 Å². The largest absolute Gasteiger partial charge is 0.417 e. The van der Waals surface area contributed by atoms with Crippen LogP contribution < -0.4 is 10.6 Å². The second kappa shape index (κ2) is 18.3. The summed E-state index contributed by atoms with van der Waals surface area (Å²) in [6.07, 6.45) is 0.0422. The summed E-state index contributed by atoms with van der Waals surface area (Å²) < 4.78 is 47.9. The number of amides is 6. The summed E-state index contributed by atoms with van der Waals surface area (Å²) in [4.78, 5) is 74.0. The molecule has 0 radical (unpaired) electrons. The number of alkyl halides is 3. The Morgan fingerprint density at radius 3 is 2.34 bits per heavy atom. The average Bonchev–Trinajstić information content (AvgIpc) is 3.32. The zero-order valence-electron chi connectivity index (χ0n) is 32.7. The number of pyridine rings is 1. The number of aromatic nitrogens is 1. The normalized spacial score (nSPS) is 25.6. The van der Waals surface area contributed by atoms with Crippen LogP contribution >= 0.6 is 24.4 Å². The number of hydrogen-bond acceptors (Lipinski definition) is 11. The van der Waals surface area contributed by atoms with E-state index in [-0.39, 0.29) is 72.2 Å². The highest BCUT2D eigenvalue weighted by Crippen LogP contribution is 2.42. The van der Waals surface area contributed by atoms with E-state index in [2.05, 4.69) is 39.3 Å². The van der Waals surface area contributed by atoms with Gasteiger partial charge in [-0.25, -0.2) is 9.78 Å². The van der Waals surface area contributed by atoms with E-state index in [1.807, 2.05) is 0 Å². The summed E-state index contributed by atoms with van der Waals surface area (Å²) in [5.74, 6) is -1.39. The van der Waals surface area contributed by atoms with Gasteiger partial charge in [-0.2, -0.15) is 22.7 Å².